The Morgan fingerprint density at radius 3 is 2.10 bits per heavy atom. The number of methoxy groups -OCH3 is 1. The Labute approximate surface area is 181 Å². The fraction of sp³-hybridized carbons (Fsp3) is 0.786. The van der Waals surface area contributed by atoms with E-state index in [1.807, 2.05) is 0 Å². The molecule has 29 heavy (non-hydrogen) atoms. The van der Waals surface area contributed by atoms with Gasteiger partial charge in [0.2, 0.25) is 0 Å². The second-order valence-corrected chi connectivity index (χ2v) is 10.2. The molecule has 1 nitrogen and oxygen atoms in total. The van der Waals surface area contributed by atoms with E-state index in [0.717, 1.165) is 29.4 Å². The molecule has 0 amide bonds. The second kappa shape index (κ2) is 12.7. The van der Waals surface area contributed by atoms with Crippen LogP contribution in [-0.4, -0.2) is 7.11 Å². The average Bonchev–Trinajstić information content (AvgIpc) is 2.79. The van der Waals surface area contributed by atoms with Crippen LogP contribution in [0.25, 0.3) is 0 Å². The van der Waals surface area contributed by atoms with Crippen LogP contribution in [-0.2, 0) is 6.42 Å². The number of rotatable bonds is 11. The topological polar surface area (TPSA) is 9.23 Å². The Morgan fingerprint density at radius 1 is 0.828 bits per heavy atom. The molecule has 2 aliphatic carbocycles. The van der Waals surface area contributed by atoms with Crippen molar-refractivity contribution in [2.75, 3.05) is 7.11 Å². The third kappa shape index (κ3) is 7.65. The van der Waals surface area contributed by atoms with Crippen LogP contribution in [0.4, 0.5) is 0 Å². The summed E-state index contributed by atoms with van der Waals surface area (Å²) in [6, 6.07) is 8.90. The van der Waals surface area contributed by atoms with Gasteiger partial charge in [0.1, 0.15) is 5.75 Å². The molecule has 0 bridgehead atoms. The van der Waals surface area contributed by atoms with Crippen LogP contribution >= 0.6 is 0 Å². The van der Waals surface area contributed by atoms with E-state index in [0.29, 0.717) is 0 Å². The Morgan fingerprint density at radius 2 is 1.48 bits per heavy atom. The molecule has 1 aromatic rings. The maximum Gasteiger partial charge on any atom is 0.118 e. The lowest BCUT2D eigenvalue weighted by Gasteiger charge is -2.33. The molecule has 0 heterocycles. The number of hydrogen-bond donors (Lipinski definition) is 0. The molecule has 0 N–H and O–H groups in total. The molecule has 3 rings (SSSR count). The predicted molar refractivity (Wildman–Crippen MR) is 126 cm³/mol. The Hall–Kier alpha value is -0.980. The zero-order valence-electron chi connectivity index (χ0n) is 19.3. The van der Waals surface area contributed by atoms with Crippen molar-refractivity contribution >= 4 is 0 Å². The van der Waals surface area contributed by atoms with Gasteiger partial charge in [-0.3, -0.25) is 0 Å². The zero-order valence-corrected chi connectivity index (χ0v) is 19.3. The van der Waals surface area contributed by atoms with Crippen LogP contribution in [0, 0.1) is 23.7 Å². The Balaban J connectivity index is 1.48. The van der Waals surface area contributed by atoms with E-state index < -0.39 is 0 Å². The van der Waals surface area contributed by atoms with Gasteiger partial charge in [0.15, 0.2) is 0 Å². The largest absolute Gasteiger partial charge is 0.497 e. The summed E-state index contributed by atoms with van der Waals surface area (Å²) in [5.41, 5.74) is 1.51. The van der Waals surface area contributed by atoms with Crippen molar-refractivity contribution in [3.8, 4) is 5.75 Å². The molecule has 2 fully saturated rings. The predicted octanol–water partition coefficient (Wildman–Crippen LogP) is 8.60. The molecule has 0 spiro atoms. The van der Waals surface area contributed by atoms with Crippen LogP contribution in [0.5, 0.6) is 5.75 Å². The fourth-order valence-corrected chi connectivity index (χ4v) is 6.12. The van der Waals surface area contributed by atoms with Crippen LogP contribution in [0.3, 0.4) is 0 Å². The molecular formula is C28H46O. The van der Waals surface area contributed by atoms with Gasteiger partial charge in [-0.2, -0.15) is 0 Å². The summed E-state index contributed by atoms with van der Waals surface area (Å²) >= 11 is 0. The van der Waals surface area contributed by atoms with Gasteiger partial charge in [0.05, 0.1) is 7.11 Å². The number of benzene rings is 1. The fourth-order valence-electron chi connectivity index (χ4n) is 6.12. The summed E-state index contributed by atoms with van der Waals surface area (Å²) in [7, 11) is 1.76. The first kappa shape index (κ1) is 22.7. The van der Waals surface area contributed by atoms with Crippen molar-refractivity contribution in [1.82, 2.24) is 0 Å². The van der Waals surface area contributed by atoms with Crippen molar-refractivity contribution < 1.29 is 4.74 Å². The molecule has 2 saturated carbocycles. The van der Waals surface area contributed by atoms with Crippen molar-refractivity contribution in [1.29, 1.82) is 0 Å². The van der Waals surface area contributed by atoms with E-state index in [9.17, 15) is 0 Å². The number of ether oxygens (including phenoxy) is 1. The number of unbranched alkanes of at least 4 members (excludes halogenated alkanes) is 2. The average molecular weight is 399 g/mol. The highest BCUT2D eigenvalue weighted by Crippen LogP contribution is 2.39. The molecule has 1 unspecified atom stereocenters. The van der Waals surface area contributed by atoms with Gasteiger partial charge in [-0.15, -0.1) is 0 Å². The first-order valence-corrected chi connectivity index (χ1v) is 12.9. The van der Waals surface area contributed by atoms with Gasteiger partial charge in [0, 0.05) is 0 Å². The molecule has 0 saturated heterocycles. The lowest BCUT2D eigenvalue weighted by molar-refractivity contribution is 0.196. The Kier molecular flexibility index (Phi) is 9.91. The van der Waals surface area contributed by atoms with E-state index in [4.69, 9.17) is 4.74 Å². The second-order valence-electron chi connectivity index (χ2n) is 10.2. The van der Waals surface area contributed by atoms with E-state index in [1.54, 1.807) is 7.11 Å². The highest BCUT2D eigenvalue weighted by atomic mass is 16.5. The van der Waals surface area contributed by atoms with Gasteiger partial charge in [-0.1, -0.05) is 109 Å². The first-order valence-electron chi connectivity index (χ1n) is 12.9. The van der Waals surface area contributed by atoms with Crippen molar-refractivity contribution in [3.05, 3.63) is 29.8 Å². The van der Waals surface area contributed by atoms with Gasteiger partial charge >= 0.3 is 0 Å². The standard InChI is InChI=1S/C28H46O/c1-3-4-6-9-23-12-14-24(15-13-23)16-19-27(26-10-7-5-8-11-26)22-25-17-20-28(29-2)21-18-25/h17-18,20-21,23-24,26-27H,3-16,19,22H2,1-2H3. The van der Waals surface area contributed by atoms with Gasteiger partial charge in [-0.25, -0.2) is 0 Å². The van der Waals surface area contributed by atoms with E-state index in [-0.39, 0.29) is 0 Å². The third-order valence-corrected chi connectivity index (χ3v) is 8.10. The third-order valence-electron chi connectivity index (χ3n) is 8.10. The highest BCUT2D eigenvalue weighted by Gasteiger charge is 2.26. The molecule has 0 aromatic heterocycles. The molecule has 0 aliphatic heterocycles. The maximum absolute atomic E-state index is 5.36. The lowest BCUT2D eigenvalue weighted by atomic mass is 9.72. The smallest absolute Gasteiger partial charge is 0.118 e. The van der Waals surface area contributed by atoms with E-state index in [2.05, 4.69) is 31.2 Å². The zero-order chi connectivity index (χ0) is 20.3. The highest BCUT2D eigenvalue weighted by molar-refractivity contribution is 5.27. The molecule has 1 atom stereocenters. The summed E-state index contributed by atoms with van der Waals surface area (Å²) in [6.07, 6.45) is 23.4. The van der Waals surface area contributed by atoms with E-state index >= 15 is 0 Å². The van der Waals surface area contributed by atoms with Crippen molar-refractivity contribution in [2.24, 2.45) is 23.7 Å². The minimum absolute atomic E-state index is 0.894. The van der Waals surface area contributed by atoms with Crippen molar-refractivity contribution in [2.45, 2.75) is 110 Å². The summed E-state index contributed by atoms with van der Waals surface area (Å²) < 4.78 is 5.36. The van der Waals surface area contributed by atoms with Crippen molar-refractivity contribution in [3.63, 3.8) is 0 Å². The molecule has 2 aliphatic rings. The Bertz CT molecular complexity index is 534. The number of hydrogen-bond acceptors (Lipinski definition) is 1. The van der Waals surface area contributed by atoms with E-state index in [1.165, 1.54) is 108 Å². The van der Waals surface area contributed by atoms with Gasteiger partial charge in [-0.05, 0) is 54.2 Å². The molecule has 164 valence electrons. The van der Waals surface area contributed by atoms with Crippen LogP contribution < -0.4 is 4.74 Å². The normalized spacial score (nSPS) is 24.3. The molecular weight excluding hydrogens is 352 g/mol. The minimum Gasteiger partial charge on any atom is -0.497 e. The first-order chi connectivity index (χ1) is 14.3. The monoisotopic (exact) mass is 398 g/mol. The van der Waals surface area contributed by atoms with Crippen LogP contribution in [0.1, 0.15) is 109 Å². The summed E-state index contributed by atoms with van der Waals surface area (Å²) in [4.78, 5) is 0. The summed E-state index contributed by atoms with van der Waals surface area (Å²) in [5, 5.41) is 0. The maximum atomic E-state index is 5.36. The molecule has 0 radical (unpaired) electrons. The summed E-state index contributed by atoms with van der Waals surface area (Å²) in [5.74, 6) is 4.91. The van der Waals surface area contributed by atoms with Gasteiger partial charge < -0.3 is 4.74 Å². The SMILES string of the molecule is CCCCCC1CCC(CCC(Cc2ccc(OC)cc2)C2CCCCC2)CC1. The lowest BCUT2D eigenvalue weighted by Crippen LogP contribution is -2.22. The van der Waals surface area contributed by atoms with Crippen LogP contribution in [0.2, 0.25) is 0 Å². The quantitative estimate of drug-likeness (QED) is 0.339. The van der Waals surface area contributed by atoms with Crippen LogP contribution in [0.15, 0.2) is 24.3 Å². The summed E-state index contributed by atoms with van der Waals surface area (Å²) in [6.45, 7) is 2.32. The van der Waals surface area contributed by atoms with Gasteiger partial charge in [0.25, 0.3) is 0 Å². The molecule has 1 heteroatoms. The molecule has 1 aromatic carbocycles. The minimum atomic E-state index is 0.894.